The molecule has 0 atom stereocenters. The smallest absolute Gasteiger partial charge is 0.193 e. The Balaban J connectivity index is 1.89. The molecule has 0 saturated carbocycles. The molecule has 0 spiro atoms. The summed E-state index contributed by atoms with van der Waals surface area (Å²) >= 11 is 0. The predicted molar refractivity (Wildman–Crippen MR) is 91.5 cm³/mol. The summed E-state index contributed by atoms with van der Waals surface area (Å²) in [6.45, 7) is 4.72. The first-order chi connectivity index (χ1) is 10.1. The lowest BCUT2D eigenvalue weighted by molar-refractivity contribution is 1.23. The van der Waals surface area contributed by atoms with Gasteiger partial charge in [0.05, 0.1) is 6.54 Å². The molecule has 0 saturated heterocycles. The van der Waals surface area contributed by atoms with Crippen molar-refractivity contribution in [3.05, 3.63) is 71.3 Å². The lowest BCUT2D eigenvalue weighted by Gasteiger charge is -2.07. The molecule has 3 N–H and O–H groups in total. The molecule has 0 bridgehead atoms. The van der Waals surface area contributed by atoms with Crippen molar-refractivity contribution in [3.8, 4) is 0 Å². The van der Waals surface area contributed by atoms with Crippen molar-refractivity contribution in [3.63, 3.8) is 0 Å². The number of guanidine groups is 1. The average molecular weight is 279 g/mol. The molecule has 0 aromatic heterocycles. The van der Waals surface area contributed by atoms with Gasteiger partial charge in [0.25, 0.3) is 0 Å². The summed E-state index contributed by atoms with van der Waals surface area (Å²) in [6.07, 6.45) is 4.02. The highest BCUT2D eigenvalue weighted by molar-refractivity contribution is 5.92. The number of aryl methyl sites for hydroxylation is 2. The van der Waals surface area contributed by atoms with Crippen LogP contribution >= 0.6 is 0 Å². The highest BCUT2D eigenvalue weighted by Gasteiger charge is 1.97. The summed E-state index contributed by atoms with van der Waals surface area (Å²) in [5, 5.41) is 3.10. The highest BCUT2D eigenvalue weighted by atomic mass is 15.1. The first-order valence-electron chi connectivity index (χ1n) is 7.01. The maximum Gasteiger partial charge on any atom is 0.193 e. The normalized spacial score (nSPS) is 11.8. The van der Waals surface area contributed by atoms with Crippen molar-refractivity contribution in [1.29, 1.82) is 0 Å². The van der Waals surface area contributed by atoms with Gasteiger partial charge >= 0.3 is 0 Å². The van der Waals surface area contributed by atoms with E-state index in [4.69, 9.17) is 5.73 Å². The van der Waals surface area contributed by atoms with E-state index in [1.165, 1.54) is 11.1 Å². The number of hydrogen-bond acceptors (Lipinski definition) is 1. The third kappa shape index (κ3) is 4.80. The van der Waals surface area contributed by atoms with Crippen LogP contribution in [0.4, 0.5) is 5.69 Å². The monoisotopic (exact) mass is 279 g/mol. The van der Waals surface area contributed by atoms with Crippen LogP contribution in [0.3, 0.4) is 0 Å². The maximum absolute atomic E-state index is 5.88. The second-order valence-electron chi connectivity index (χ2n) is 4.96. The molecule has 0 aliphatic carbocycles. The first-order valence-corrected chi connectivity index (χ1v) is 7.01. The molecule has 0 amide bonds. The predicted octanol–water partition coefficient (Wildman–Crippen LogP) is 3.74. The number of aliphatic imine (C=N–C) groups is 1. The Kier molecular flexibility index (Phi) is 5.16. The minimum Gasteiger partial charge on any atom is -0.370 e. The Labute approximate surface area is 126 Å². The molecule has 0 radical (unpaired) electrons. The first kappa shape index (κ1) is 14.9. The van der Waals surface area contributed by atoms with Crippen molar-refractivity contribution in [1.82, 2.24) is 0 Å². The fraction of sp³-hybridized carbons (Fsp3) is 0.167. The number of nitrogens with one attached hydrogen (secondary N) is 1. The molecular weight excluding hydrogens is 258 g/mol. The van der Waals surface area contributed by atoms with Gasteiger partial charge in [-0.15, -0.1) is 0 Å². The SMILES string of the molecule is Cc1ccc(NC(N)=NCC=Cc2ccccc2)cc1C. The van der Waals surface area contributed by atoms with Crippen LogP contribution in [0.15, 0.2) is 59.6 Å². The Morgan fingerprint density at radius 1 is 1.10 bits per heavy atom. The van der Waals surface area contributed by atoms with Crippen LogP contribution in [-0.4, -0.2) is 12.5 Å². The van der Waals surface area contributed by atoms with Gasteiger partial charge in [-0.25, -0.2) is 4.99 Å². The Hall–Kier alpha value is -2.55. The van der Waals surface area contributed by atoms with Gasteiger partial charge in [0.15, 0.2) is 5.96 Å². The number of benzene rings is 2. The van der Waals surface area contributed by atoms with Crippen molar-refractivity contribution >= 4 is 17.7 Å². The van der Waals surface area contributed by atoms with Gasteiger partial charge in [-0.2, -0.15) is 0 Å². The Morgan fingerprint density at radius 2 is 1.86 bits per heavy atom. The average Bonchev–Trinajstić information content (AvgIpc) is 2.49. The van der Waals surface area contributed by atoms with Crippen LogP contribution in [-0.2, 0) is 0 Å². The summed E-state index contributed by atoms with van der Waals surface area (Å²) in [5.41, 5.74) is 10.5. The van der Waals surface area contributed by atoms with E-state index in [1.54, 1.807) is 0 Å². The molecule has 0 fully saturated rings. The minimum absolute atomic E-state index is 0.427. The van der Waals surface area contributed by atoms with Crippen LogP contribution in [0.25, 0.3) is 6.08 Å². The van der Waals surface area contributed by atoms with E-state index in [1.807, 2.05) is 36.4 Å². The van der Waals surface area contributed by atoms with E-state index < -0.39 is 0 Å². The van der Waals surface area contributed by atoms with Crippen molar-refractivity contribution in [2.24, 2.45) is 10.7 Å². The topological polar surface area (TPSA) is 50.4 Å². The fourth-order valence-electron chi connectivity index (χ4n) is 1.91. The van der Waals surface area contributed by atoms with E-state index in [9.17, 15) is 0 Å². The van der Waals surface area contributed by atoms with Crippen molar-refractivity contribution in [2.45, 2.75) is 13.8 Å². The Bertz CT molecular complexity index is 643. The molecule has 108 valence electrons. The molecule has 0 heterocycles. The van der Waals surface area contributed by atoms with Gasteiger partial charge in [0.2, 0.25) is 0 Å². The second kappa shape index (κ2) is 7.29. The summed E-state index contributed by atoms with van der Waals surface area (Å²) in [5.74, 6) is 0.427. The van der Waals surface area contributed by atoms with Gasteiger partial charge in [-0.05, 0) is 42.7 Å². The van der Waals surface area contributed by atoms with E-state index >= 15 is 0 Å². The van der Waals surface area contributed by atoms with Crippen LogP contribution in [0.5, 0.6) is 0 Å². The quantitative estimate of drug-likeness (QED) is 0.661. The minimum atomic E-state index is 0.427. The molecular formula is C18H21N3. The van der Waals surface area contributed by atoms with Crippen LogP contribution < -0.4 is 11.1 Å². The van der Waals surface area contributed by atoms with Crippen LogP contribution in [0.2, 0.25) is 0 Å². The molecule has 2 rings (SSSR count). The summed E-state index contributed by atoms with van der Waals surface area (Å²) in [6, 6.07) is 16.3. The van der Waals surface area contributed by atoms with E-state index in [0.29, 0.717) is 12.5 Å². The van der Waals surface area contributed by atoms with Crippen molar-refractivity contribution < 1.29 is 0 Å². The van der Waals surface area contributed by atoms with Crippen molar-refractivity contribution in [2.75, 3.05) is 11.9 Å². The standard InChI is InChI=1S/C18H21N3/c1-14-10-11-17(13-15(14)2)21-18(19)20-12-6-9-16-7-4-3-5-8-16/h3-11,13H,12H2,1-2H3,(H3,19,20,21). The summed E-state index contributed by atoms with van der Waals surface area (Å²) in [7, 11) is 0. The van der Waals surface area contributed by atoms with Crippen LogP contribution in [0, 0.1) is 13.8 Å². The maximum atomic E-state index is 5.88. The highest BCUT2D eigenvalue weighted by Crippen LogP contribution is 2.13. The molecule has 0 unspecified atom stereocenters. The van der Waals surface area contributed by atoms with Gasteiger partial charge in [-0.1, -0.05) is 48.6 Å². The third-order valence-corrected chi connectivity index (χ3v) is 3.26. The van der Waals surface area contributed by atoms with Crippen LogP contribution in [0.1, 0.15) is 16.7 Å². The number of hydrogen-bond donors (Lipinski definition) is 2. The molecule has 2 aromatic carbocycles. The molecule has 21 heavy (non-hydrogen) atoms. The lowest BCUT2D eigenvalue weighted by atomic mass is 10.1. The van der Waals surface area contributed by atoms with E-state index in [0.717, 1.165) is 11.3 Å². The summed E-state index contributed by atoms with van der Waals surface area (Å²) < 4.78 is 0. The molecule has 3 nitrogen and oxygen atoms in total. The lowest BCUT2D eigenvalue weighted by Crippen LogP contribution is -2.22. The zero-order valence-electron chi connectivity index (χ0n) is 12.5. The summed E-state index contributed by atoms with van der Waals surface area (Å²) in [4.78, 5) is 4.28. The second-order valence-corrected chi connectivity index (χ2v) is 4.96. The van der Waals surface area contributed by atoms with Gasteiger partial charge < -0.3 is 11.1 Å². The van der Waals surface area contributed by atoms with Gasteiger partial charge in [0.1, 0.15) is 0 Å². The molecule has 0 aliphatic rings. The zero-order valence-corrected chi connectivity index (χ0v) is 12.5. The van der Waals surface area contributed by atoms with E-state index in [-0.39, 0.29) is 0 Å². The third-order valence-electron chi connectivity index (χ3n) is 3.26. The fourth-order valence-corrected chi connectivity index (χ4v) is 1.91. The molecule has 0 aliphatic heterocycles. The molecule has 2 aromatic rings. The number of anilines is 1. The largest absolute Gasteiger partial charge is 0.370 e. The van der Waals surface area contributed by atoms with Gasteiger partial charge in [-0.3, -0.25) is 0 Å². The van der Waals surface area contributed by atoms with E-state index in [2.05, 4.69) is 48.4 Å². The zero-order chi connectivity index (χ0) is 15.1. The number of rotatable bonds is 4. The van der Waals surface area contributed by atoms with Gasteiger partial charge in [0, 0.05) is 5.69 Å². The Morgan fingerprint density at radius 3 is 2.57 bits per heavy atom. The number of nitrogens with two attached hydrogens (primary N) is 1. The molecule has 3 heteroatoms. The number of nitrogens with zero attached hydrogens (tertiary/aromatic N) is 1.